The lowest BCUT2D eigenvalue weighted by Crippen LogP contribution is -2.41. The van der Waals surface area contributed by atoms with Gasteiger partial charge in [0.2, 0.25) is 0 Å². The number of morpholine rings is 1. The first-order chi connectivity index (χ1) is 17.7. The summed E-state index contributed by atoms with van der Waals surface area (Å²) in [6, 6.07) is 20.1. The van der Waals surface area contributed by atoms with Crippen LogP contribution in [0.2, 0.25) is 0 Å². The maximum absolute atomic E-state index is 12.5. The van der Waals surface area contributed by atoms with Crippen molar-refractivity contribution in [3.05, 3.63) is 94.5 Å². The molecule has 1 saturated heterocycles. The molecule has 2 aromatic carbocycles. The highest BCUT2D eigenvalue weighted by Gasteiger charge is 2.14. The second-order valence-corrected chi connectivity index (χ2v) is 8.36. The molecule has 9 heteroatoms. The molecule has 2 aromatic heterocycles. The van der Waals surface area contributed by atoms with E-state index in [1.54, 1.807) is 36.7 Å². The smallest absolute Gasteiger partial charge is 0.267 e. The van der Waals surface area contributed by atoms with Gasteiger partial charge in [-0.1, -0.05) is 30.3 Å². The van der Waals surface area contributed by atoms with Gasteiger partial charge in [-0.2, -0.15) is 10.4 Å². The number of hydrogen-bond acceptors (Lipinski definition) is 8. The van der Waals surface area contributed by atoms with Gasteiger partial charge in [-0.3, -0.25) is 4.79 Å². The molecule has 4 aromatic rings. The van der Waals surface area contributed by atoms with Crippen molar-refractivity contribution in [3.63, 3.8) is 0 Å². The predicted molar refractivity (Wildman–Crippen MR) is 133 cm³/mol. The van der Waals surface area contributed by atoms with Crippen molar-refractivity contribution in [2.24, 2.45) is 0 Å². The maximum atomic E-state index is 12.5. The molecule has 9 nitrogen and oxygen atoms in total. The molecule has 0 aliphatic carbocycles. The van der Waals surface area contributed by atoms with E-state index < -0.39 is 0 Å². The van der Waals surface area contributed by atoms with Gasteiger partial charge in [0.25, 0.3) is 5.56 Å². The molecule has 5 rings (SSSR count). The van der Waals surface area contributed by atoms with Crippen LogP contribution >= 0.6 is 0 Å². The van der Waals surface area contributed by atoms with Gasteiger partial charge in [0, 0.05) is 30.3 Å². The third-order valence-electron chi connectivity index (χ3n) is 5.74. The molecular formula is C27H24N6O3. The highest BCUT2D eigenvalue weighted by Crippen LogP contribution is 2.20. The maximum Gasteiger partial charge on any atom is 0.267 e. The van der Waals surface area contributed by atoms with Gasteiger partial charge >= 0.3 is 0 Å². The fourth-order valence-corrected chi connectivity index (χ4v) is 3.90. The first kappa shape index (κ1) is 23.4. The van der Waals surface area contributed by atoms with Crippen molar-refractivity contribution < 1.29 is 9.47 Å². The molecule has 0 bridgehead atoms. The fourth-order valence-electron chi connectivity index (χ4n) is 3.90. The number of nitrogens with zero attached hydrogens (tertiary/aromatic N) is 5. The van der Waals surface area contributed by atoms with E-state index in [4.69, 9.17) is 14.7 Å². The number of nitriles is 1. The van der Waals surface area contributed by atoms with Gasteiger partial charge < -0.3 is 14.8 Å². The quantitative estimate of drug-likeness (QED) is 0.429. The van der Waals surface area contributed by atoms with Crippen LogP contribution in [0, 0.1) is 11.3 Å². The van der Waals surface area contributed by atoms with Gasteiger partial charge in [0.15, 0.2) is 11.6 Å². The molecule has 0 amide bonds. The molecule has 1 aliphatic rings. The van der Waals surface area contributed by atoms with Gasteiger partial charge in [0.1, 0.15) is 12.7 Å². The van der Waals surface area contributed by atoms with Gasteiger partial charge in [0.05, 0.1) is 42.9 Å². The number of nitrogens with one attached hydrogen (secondary N) is 1. The third-order valence-corrected chi connectivity index (χ3v) is 5.74. The average Bonchev–Trinajstić information content (AvgIpc) is 2.94. The highest BCUT2D eigenvalue weighted by molar-refractivity contribution is 5.60. The van der Waals surface area contributed by atoms with Crippen molar-refractivity contribution in [1.82, 2.24) is 25.1 Å². The van der Waals surface area contributed by atoms with E-state index in [9.17, 15) is 4.79 Å². The fraction of sp³-hybridized carbons (Fsp3) is 0.222. The van der Waals surface area contributed by atoms with Crippen LogP contribution in [0.15, 0.2) is 77.9 Å². The summed E-state index contributed by atoms with van der Waals surface area (Å²) >= 11 is 0. The van der Waals surface area contributed by atoms with Crippen molar-refractivity contribution in [1.29, 1.82) is 5.26 Å². The minimum atomic E-state index is -0.213. The molecule has 3 heterocycles. The Bertz CT molecular complexity index is 1440. The minimum absolute atomic E-state index is 0.0147. The van der Waals surface area contributed by atoms with E-state index in [2.05, 4.69) is 26.5 Å². The molecule has 0 unspecified atom stereocenters. The Labute approximate surface area is 208 Å². The Morgan fingerprint density at radius 2 is 1.92 bits per heavy atom. The number of hydrogen-bond donors (Lipinski definition) is 1. The Morgan fingerprint density at radius 3 is 2.72 bits per heavy atom. The van der Waals surface area contributed by atoms with E-state index in [1.807, 2.05) is 30.3 Å². The Hall–Kier alpha value is -4.39. The van der Waals surface area contributed by atoms with Crippen molar-refractivity contribution in [2.45, 2.75) is 12.6 Å². The molecular weight excluding hydrogens is 456 g/mol. The lowest BCUT2D eigenvalue weighted by molar-refractivity contribution is 0.0000562. The van der Waals surface area contributed by atoms with E-state index in [1.165, 1.54) is 10.7 Å². The zero-order chi connectivity index (χ0) is 24.7. The Balaban J connectivity index is 1.30. The summed E-state index contributed by atoms with van der Waals surface area (Å²) in [5.41, 5.74) is 3.43. The van der Waals surface area contributed by atoms with Crippen LogP contribution in [0.25, 0.3) is 22.6 Å². The number of aromatic nitrogens is 4. The average molecular weight is 481 g/mol. The monoisotopic (exact) mass is 480 g/mol. The zero-order valence-electron chi connectivity index (χ0n) is 19.5. The van der Waals surface area contributed by atoms with Crippen LogP contribution in [-0.2, 0) is 11.3 Å². The molecule has 1 fully saturated rings. The summed E-state index contributed by atoms with van der Waals surface area (Å²) in [5, 5.41) is 17.0. The lowest BCUT2D eigenvalue weighted by atomic mass is 10.1. The molecule has 1 atom stereocenters. The molecule has 1 aliphatic heterocycles. The molecule has 0 saturated carbocycles. The zero-order valence-corrected chi connectivity index (χ0v) is 19.5. The largest absolute Gasteiger partial charge is 0.488 e. The van der Waals surface area contributed by atoms with Crippen molar-refractivity contribution >= 4 is 0 Å². The number of rotatable bonds is 7. The third kappa shape index (κ3) is 5.63. The normalized spacial score (nSPS) is 15.2. The van der Waals surface area contributed by atoms with Crippen LogP contribution < -0.4 is 15.6 Å². The van der Waals surface area contributed by atoms with Crippen LogP contribution in [0.1, 0.15) is 11.1 Å². The van der Waals surface area contributed by atoms with Crippen LogP contribution in [0.5, 0.6) is 5.75 Å². The Morgan fingerprint density at radius 1 is 1.08 bits per heavy atom. The van der Waals surface area contributed by atoms with E-state index >= 15 is 0 Å². The minimum Gasteiger partial charge on any atom is -0.488 e. The molecule has 36 heavy (non-hydrogen) atoms. The van der Waals surface area contributed by atoms with E-state index in [0.29, 0.717) is 36.0 Å². The van der Waals surface area contributed by atoms with Gasteiger partial charge in [-0.25, -0.2) is 14.6 Å². The highest BCUT2D eigenvalue weighted by atomic mass is 16.5. The topological polar surface area (TPSA) is 115 Å². The van der Waals surface area contributed by atoms with Crippen LogP contribution in [0.4, 0.5) is 0 Å². The van der Waals surface area contributed by atoms with Gasteiger partial charge in [-0.05, 0) is 29.8 Å². The van der Waals surface area contributed by atoms with Gasteiger partial charge in [-0.15, -0.1) is 0 Å². The summed E-state index contributed by atoms with van der Waals surface area (Å²) < 4.78 is 12.8. The van der Waals surface area contributed by atoms with Crippen LogP contribution in [-0.4, -0.2) is 52.2 Å². The summed E-state index contributed by atoms with van der Waals surface area (Å²) in [4.78, 5) is 21.4. The van der Waals surface area contributed by atoms with Crippen molar-refractivity contribution in [2.75, 3.05) is 26.3 Å². The molecule has 0 spiro atoms. The molecule has 1 N–H and O–H groups in total. The first-order valence-corrected chi connectivity index (χ1v) is 11.6. The summed E-state index contributed by atoms with van der Waals surface area (Å²) in [5.74, 6) is 1.14. The molecule has 0 radical (unpaired) electrons. The van der Waals surface area contributed by atoms with Crippen LogP contribution in [0.3, 0.4) is 0 Å². The SMILES string of the molecule is N#Cc1cccc(-c2ccc(=O)n(Cc3cccc(-c4ncc(OC[C@@H]5CNCCO5)cn4)c3)n2)c1. The second kappa shape index (κ2) is 10.9. The van der Waals surface area contributed by atoms with E-state index in [-0.39, 0.29) is 18.2 Å². The second-order valence-electron chi connectivity index (χ2n) is 8.36. The first-order valence-electron chi connectivity index (χ1n) is 11.6. The Kier molecular flexibility index (Phi) is 7.07. The molecule has 180 valence electrons. The van der Waals surface area contributed by atoms with E-state index in [0.717, 1.165) is 29.8 Å². The standard InChI is InChI=1S/C27H24N6O3/c28-13-19-3-1-5-21(11-19)25-7-8-26(34)33(32-25)17-20-4-2-6-22(12-20)27-30-15-23(16-31-27)36-18-24-14-29-9-10-35-24/h1-8,11-12,15-16,24,29H,9-10,14,17-18H2/t24-/m0/s1. The lowest BCUT2D eigenvalue weighted by Gasteiger charge is -2.23. The summed E-state index contributed by atoms with van der Waals surface area (Å²) in [7, 11) is 0. The number of ether oxygens (including phenoxy) is 2. The predicted octanol–water partition coefficient (Wildman–Crippen LogP) is 2.65. The van der Waals surface area contributed by atoms with Crippen molar-refractivity contribution in [3.8, 4) is 34.5 Å². The number of benzene rings is 2. The summed E-state index contributed by atoms with van der Waals surface area (Å²) in [6.45, 7) is 3.03. The summed E-state index contributed by atoms with van der Waals surface area (Å²) in [6.07, 6.45) is 3.31.